The quantitative estimate of drug-likeness (QED) is 0.850. The summed E-state index contributed by atoms with van der Waals surface area (Å²) in [6.07, 6.45) is 0. The fourth-order valence-electron chi connectivity index (χ4n) is 1.89. The zero-order valence-electron chi connectivity index (χ0n) is 11.6. The van der Waals surface area contributed by atoms with Crippen molar-refractivity contribution in [2.45, 2.75) is 24.1 Å². The molecule has 1 heterocycles. The van der Waals surface area contributed by atoms with Crippen molar-refractivity contribution in [1.82, 2.24) is 0 Å². The zero-order valence-corrected chi connectivity index (χ0v) is 12.4. The van der Waals surface area contributed by atoms with Gasteiger partial charge in [-0.05, 0) is 43.3 Å². The minimum Gasteiger partial charge on any atom is -0.464 e. The Morgan fingerprint density at radius 1 is 1.14 bits per heavy atom. The molecule has 21 heavy (non-hydrogen) atoms. The van der Waals surface area contributed by atoms with Crippen molar-refractivity contribution in [2.24, 2.45) is 0 Å². The van der Waals surface area contributed by atoms with Crippen LogP contribution in [0.25, 0.3) is 0 Å². The maximum Gasteiger partial charge on any atom is 0.341 e. The van der Waals surface area contributed by atoms with Crippen molar-refractivity contribution in [2.75, 3.05) is 11.9 Å². The molecular formula is C14H15F2NO3S. The molecule has 0 saturated carbocycles. The minimum absolute atomic E-state index is 0.386. The summed E-state index contributed by atoms with van der Waals surface area (Å²) >= 11 is 0. The van der Waals surface area contributed by atoms with Crippen LogP contribution in [-0.4, -0.2) is 21.2 Å². The Labute approximate surface area is 121 Å². The standard InChI is InChI=1S/C14H15F2NO3S/c1-10-3-6-12(20-10)9-17(2)11-4-7-13(8-5-11)21(18,19)14(15)16/h3-8,14H,9H2,1-2H3. The van der Waals surface area contributed by atoms with E-state index in [1.54, 1.807) is 7.05 Å². The van der Waals surface area contributed by atoms with Crippen molar-refractivity contribution in [3.8, 4) is 0 Å². The first-order chi connectivity index (χ1) is 9.80. The number of rotatable bonds is 5. The van der Waals surface area contributed by atoms with E-state index in [1.807, 2.05) is 24.0 Å². The maximum absolute atomic E-state index is 12.4. The molecule has 114 valence electrons. The van der Waals surface area contributed by atoms with E-state index in [4.69, 9.17) is 4.42 Å². The van der Waals surface area contributed by atoms with Gasteiger partial charge in [0.05, 0.1) is 11.4 Å². The number of hydrogen-bond acceptors (Lipinski definition) is 4. The van der Waals surface area contributed by atoms with Crippen molar-refractivity contribution in [3.63, 3.8) is 0 Å². The topological polar surface area (TPSA) is 50.5 Å². The molecule has 0 aliphatic carbocycles. The lowest BCUT2D eigenvalue weighted by Gasteiger charge is -2.18. The third-order valence-electron chi connectivity index (χ3n) is 3.03. The van der Waals surface area contributed by atoms with Crippen LogP contribution < -0.4 is 4.90 Å². The van der Waals surface area contributed by atoms with E-state index >= 15 is 0 Å². The molecule has 7 heteroatoms. The van der Waals surface area contributed by atoms with Crippen LogP contribution in [-0.2, 0) is 16.4 Å². The van der Waals surface area contributed by atoms with Crippen molar-refractivity contribution >= 4 is 15.5 Å². The average molecular weight is 315 g/mol. The van der Waals surface area contributed by atoms with E-state index < -0.39 is 15.6 Å². The van der Waals surface area contributed by atoms with E-state index in [0.29, 0.717) is 12.2 Å². The van der Waals surface area contributed by atoms with Gasteiger partial charge >= 0.3 is 5.76 Å². The second kappa shape index (κ2) is 5.85. The molecule has 1 aromatic heterocycles. The highest BCUT2D eigenvalue weighted by Gasteiger charge is 2.26. The number of alkyl halides is 2. The Morgan fingerprint density at radius 3 is 2.24 bits per heavy atom. The Kier molecular flexibility index (Phi) is 4.32. The smallest absolute Gasteiger partial charge is 0.341 e. The second-order valence-electron chi connectivity index (χ2n) is 4.67. The number of furan rings is 1. The fourth-order valence-corrected chi connectivity index (χ4v) is 2.61. The van der Waals surface area contributed by atoms with Gasteiger partial charge in [0.2, 0.25) is 9.84 Å². The summed E-state index contributed by atoms with van der Waals surface area (Å²) in [7, 11) is -2.75. The summed E-state index contributed by atoms with van der Waals surface area (Å²) < 4.78 is 53.0. The number of sulfone groups is 1. The molecule has 0 radical (unpaired) electrons. The molecule has 0 atom stereocenters. The van der Waals surface area contributed by atoms with Gasteiger partial charge in [-0.3, -0.25) is 0 Å². The predicted molar refractivity (Wildman–Crippen MR) is 75.2 cm³/mol. The van der Waals surface area contributed by atoms with E-state index in [0.717, 1.165) is 11.5 Å². The van der Waals surface area contributed by atoms with Gasteiger partial charge in [0.15, 0.2) is 0 Å². The first-order valence-corrected chi connectivity index (χ1v) is 7.74. The minimum atomic E-state index is -4.55. The van der Waals surface area contributed by atoms with E-state index in [9.17, 15) is 17.2 Å². The maximum atomic E-state index is 12.4. The summed E-state index contributed by atoms with van der Waals surface area (Å²) in [5.41, 5.74) is 0.706. The van der Waals surface area contributed by atoms with Gasteiger partial charge in [-0.2, -0.15) is 8.78 Å². The van der Waals surface area contributed by atoms with Crippen molar-refractivity contribution in [1.29, 1.82) is 0 Å². The summed E-state index contributed by atoms with van der Waals surface area (Å²) in [6.45, 7) is 2.34. The van der Waals surface area contributed by atoms with Crippen LogP contribution in [0, 0.1) is 6.92 Å². The number of nitrogens with zero attached hydrogens (tertiary/aromatic N) is 1. The molecule has 0 spiro atoms. The lowest BCUT2D eigenvalue weighted by atomic mass is 10.3. The summed E-state index contributed by atoms with van der Waals surface area (Å²) in [5.74, 6) is -1.84. The van der Waals surface area contributed by atoms with Crippen LogP contribution in [0.15, 0.2) is 45.7 Å². The third kappa shape index (κ3) is 3.41. The molecule has 1 aromatic carbocycles. The Hall–Kier alpha value is -1.89. The number of benzene rings is 1. The number of halogens is 2. The summed E-state index contributed by atoms with van der Waals surface area (Å²) in [6, 6.07) is 9.04. The van der Waals surface area contributed by atoms with E-state index in [2.05, 4.69) is 0 Å². The highest BCUT2D eigenvalue weighted by atomic mass is 32.2. The molecule has 0 fully saturated rings. The van der Waals surface area contributed by atoms with Crippen LogP contribution in [0.3, 0.4) is 0 Å². The molecule has 0 N–H and O–H groups in total. The Balaban J connectivity index is 2.15. The van der Waals surface area contributed by atoms with Crippen LogP contribution in [0.5, 0.6) is 0 Å². The van der Waals surface area contributed by atoms with Gasteiger partial charge in [-0.1, -0.05) is 0 Å². The molecule has 0 amide bonds. The highest BCUT2D eigenvalue weighted by Crippen LogP contribution is 2.22. The van der Waals surface area contributed by atoms with Crippen LogP contribution in [0.4, 0.5) is 14.5 Å². The first kappa shape index (κ1) is 15.5. The lowest BCUT2D eigenvalue weighted by molar-refractivity contribution is 0.234. The number of aryl methyl sites for hydroxylation is 1. The number of hydrogen-bond donors (Lipinski definition) is 0. The fraction of sp³-hybridized carbons (Fsp3) is 0.286. The molecule has 4 nitrogen and oxygen atoms in total. The molecule has 2 aromatic rings. The van der Waals surface area contributed by atoms with E-state index in [-0.39, 0.29) is 4.90 Å². The Bertz CT molecular complexity index is 708. The first-order valence-electron chi connectivity index (χ1n) is 6.19. The monoisotopic (exact) mass is 315 g/mol. The normalized spacial score (nSPS) is 11.9. The highest BCUT2D eigenvalue weighted by molar-refractivity contribution is 7.91. The molecule has 0 saturated heterocycles. The molecular weight excluding hydrogens is 300 g/mol. The van der Waals surface area contributed by atoms with Gasteiger partial charge in [-0.15, -0.1) is 0 Å². The van der Waals surface area contributed by atoms with Crippen LogP contribution >= 0.6 is 0 Å². The Morgan fingerprint density at radius 2 is 1.76 bits per heavy atom. The van der Waals surface area contributed by atoms with E-state index in [1.165, 1.54) is 24.3 Å². The van der Waals surface area contributed by atoms with Gasteiger partial charge in [-0.25, -0.2) is 8.42 Å². The molecule has 0 aliphatic heterocycles. The summed E-state index contributed by atoms with van der Waals surface area (Å²) in [5, 5.41) is 0. The average Bonchev–Trinajstić information content (AvgIpc) is 2.84. The SMILES string of the molecule is Cc1ccc(CN(C)c2ccc(S(=O)(=O)C(F)F)cc2)o1. The van der Waals surface area contributed by atoms with Crippen molar-refractivity contribution < 1.29 is 21.6 Å². The largest absolute Gasteiger partial charge is 0.464 e. The molecule has 2 rings (SSSR count). The van der Waals surface area contributed by atoms with Gasteiger partial charge in [0, 0.05) is 12.7 Å². The zero-order chi connectivity index (χ0) is 15.6. The van der Waals surface area contributed by atoms with Gasteiger partial charge < -0.3 is 9.32 Å². The third-order valence-corrected chi connectivity index (χ3v) is 4.43. The van der Waals surface area contributed by atoms with Gasteiger partial charge in [0.25, 0.3) is 0 Å². The van der Waals surface area contributed by atoms with Crippen LogP contribution in [0.1, 0.15) is 11.5 Å². The molecule has 0 bridgehead atoms. The predicted octanol–water partition coefficient (Wildman–Crippen LogP) is 3.22. The lowest BCUT2D eigenvalue weighted by Crippen LogP contribution is -2.16. The molecule has 0 aliphatic rings. The number of anilines is 1. The molecule has 0 unspecified atom stereocenters. The van der Waals surface area contributed by atoms with Crippen LogP contribution in [0.2, 0.25) is 0 Å². The van der Waals surface area contributed by atoms with Gasteiger partial charge in [0.1, 0.15) is 11.5 Å². The second-order valence-corrected chi connectivity index (χ2v) is 6.59. The summed E-state index contributed by atoms with van der Waals surface area (Å²) in [4.78, 5) is 1.44. The van der Waals surface area contributed by atoms with Crippen molar-refractivity contribution in [3.05, 3.63) is 47.9 Å².